The van der Waals surface area contributed by atoms with Gasteiger partial charge in [0, 0.05) is 0 Å². The monoisotopic (exact) mass is 144 g/mol. The van der Waals surface area contributed by atoms with Crippen LogP contribution in [-0.2, 0) is 4.74 Å². The van der Waals surface area contributed by atoms with Crippen LogP contribution in [0.1, 0.15) is 26.7 Å². The second-order valence-corrected chi connectivity index (χ2v) is 1.89. The minimum Gasteiger partial charge on any atom is -0.450 e. The van der Waals surface area contributed by atoms with Gasteiger partial charge >= 0.3 is 6.09 Å². The van der Waals surface area contributed by atoms with E-state index in [9.17, 15) is 4.79 Å². The molecule has 59 valence electrons. The average molecular weight is 144 g/mol. The van der Waals surface area contributed by atoms with E-state index in [-0.39, 0.29) is 6.09 Å². The second kappa shape index (κ2) is 6.39. The summed E-state index contributed by atoms with van der Waals surface area (Å²) < 4.78 is 4.71. The Kier molecular flexibility index (Phi) is 5.92. The van der Waals surface area contributed by atoms with Crippen molar-refractivity contribution in [2.45, 2.75) is 26.7 Å². The molecule has 0 aliphatic heterocycles. The lowest BCUT2D eigenvalue weighted by molar-refractivity contribution is 0.148. The maximum absolute atomic E-state index is 10.6. The predicted octanol–water partition coefficient (Wildman–Crippen LogP) is 1.69. The summed E-state index contributed by atoms with van der Waals surface area (Å²) in [6.07, 6.45) is 1.32. The van der Waals surface area contributed by atoms with Crippen LogP contribution in [0.2, 0.25) is 0 Å². The fourth-order valence-electron chi connectivity index (χ4n) is 0.422. The Labute approximate surface area is 61.8 Å². The van der Waals surface area contributed by atoms with Crippen molar-refractivity contribution < 1.29 is 9.53 Å². The zero-order valence-electron chi connectivity index (χ0n) is 6.52. The third kappa shape index (κ3) is 5.41. The van der Waals surface area contributed by atoms with Crippen molar-refractivity contribution >= 4 is 6.09 Å². The summed E-state index contributed by atoms with van der Waals surface area (Å²) in [5.41, 5.74) is 0. The summed E-state index contributed by atoms with van der Waals surface area (Å²) >= 11 is 0. The molecule has 10 heavy (non-hydrogen) atoms. The summed E-state index contributed by atoms with van der Waals surface area (Å²) in [6, 6.07) is 0. The molecule has 0 aliphatic rings. The molecular formula is C7H14NO2. The molecule has 1 amide bonds. The van der Waals surface area contributed by atoms with Gasteiger partial charge in [-0.05, 0) is 12.8 Å². The quantitative estimate of drug-likeness (QED) is 0.652. The van der Waals surface area contributed by atoms with Crippen LogP contribution in [-0.4, -0.2) is 12.7 Å². The number of hydrogen-bond acceptors (Lipinski definition) is 2. The van der Waals surface area contributed by atoms with E-state index in [1.165, 1.54) is 0 Å². The van der Waals surface area contributed by atoms with E-state index in [1.807, 2.05) is 13.8 Å². The highest BCUT2D eigenvalue weighted by atomic mass is 16.5. The maximum Gasteiger partial charge on any atom is 0.407 e. The van der Waals surface area contributed by atoms with Gasteiger partial charge in [0.1, 0.15) is 0 Å². The van der Waals surface area contributed by atoms with Gasteiger partial charge in [0.2, 0.25) is 0 Å². The first kappa shape index (κ1) is 9.27. The number of carbonyl (C=O) groups is 1. The van der Waals surface area contributed by atoms with Gasteiger partial charge in [0.05, 0.1) is 13.2 Å². The lowest BCUT2D eigenvalue weighted by Crippen LogP contribution is -2.21. The van der Waals surface area contributed by atoms with E-state index >= 15 is 0 Å². The molecular weight excluding hydrogens is 130 g/mol. The zero-order chi connectivity index (χ0) is 7.82. The van der Waals surface area contributed by atoms with Crippen molar-refractivity contribution in [1.29, 1.82) is 0 Å². The van der Waals surface area contributed by atoms with E-state index in [1.54, 1.807) is 6.54 Å². The zero-order valence-corrected chi connectivity index (χ0v) is 6.52. The minimum absolute atomic E-state index is 0.358. The first-order valence-corrected chi connectivity index (χ1v) is 3.56. The Morgan fingerprint density at radius 1 is 1.60 bits per heavy atom. The lowest BCUT2D eigenvalue weighted by atomic mass is 10.5. The summed E-state index contributed by atoms with van der Waals surface area (Å²) in [4.78, 5) is 10.6. The molecule has 0 fully saturated rings. The van der Waals surface area contributed by atoms with Crippen LogP contribution >= 0.6 is 0 Å². The number of nitrogens with one attached hydrogen (secondary N) is 1. The third-order valence-corrected chi connectivity index (χ3v) is 0.861. The molecule has 0 aliphatic carbocycles. The van der Waals surface area contributed by atoms with Crippen LogP contribution in [0.4, 0.5) is 4.79 Å². The van der Waals surface area contributed by atoms with Crippen molar-refractivity contribution in [2.75, 3.05) is 6.61 Å². The normalized spacial score (nSPS) is 9.00. The van der Waals surface area contributed by atoms with Gasteiger partial charge in [-0.3, -0.25) is 0 Å². The summed E-state index contributed by atoms with van der Waals surface area (Å²) in [5, 5.41) is 2.48. The molecule has 0 aromatic carbocycles. The third-order valence-electron chi connectivity index (χ3n) is 0.861. The highest BCUT2D eigenvalue weighted by Gasteiger charge is 1.96. The number of hydrogen-bond donors (Lipinski definition) is 1. The topological polar surface area (TPSA) is 38.3 Å². The number of ether oxygens (including phenoxy) is 1. The largest absolute Gasteiger partial charge is 0.450 e. The van der Waals surface area contributed by atoms with E-state index in [0.29, 0.717) is 6.61 Å². The van der Waals surface area contributed by atoms with Gasteiger partial charge in [-0.15, -0.1) is 0 Å². The number of amides is 1. The van der Waals surface area contributed by atoms with E-state index < -0.39 is 0 Å². The Morgan fingerprint density at radius 3 is 2.80 bits per heavy atom. The molecule has 0 spiro atoms. The Hall–Kier alpha value is -0.730. The number of carbonyl (C=O) groups excluding carboxylic acids is 1. The molecule has 0 heterocycles. The van der Waals surface area contributed by atoms with Crippen molar-refractivity contribution in [3.63, 3.8) is 0 Å². The predicted molar refractivity (Wildman–Crippen MR) is 39.4 cm³/mol. The van der Waals surface area contributed by atoms with Crippen LogP contribution in [0.15, 0.2) is 0 Å². The Morgan fingerprint density at radius 2 is 2.30 bits per heavy atom. The molecule has 0 atom stereocenters. The van der Waals surface area contributed by atoms with Gasteiger partial charge in [-0.25, -0.2) is 4.79 Å². The van der Waals surface area contributed by atoms with Gasteiger partial charge in [-0.2, -0.15) is 0 Å². The van der Waals surface area contributed by atoms with Gasteiger partial charge in [0.25, 0.3) is 0 Å². The van der Waals surface area contributed by atoms with Crippen molar-refractivity contribution in [2.24, 2.45) is 0 Å². The lowest BCUT2D eigenvalue weighted by Gasteiger charge is -2.02. The molecule has 1 N–H and O–H groups in total. The Balaban J connectivity index is 3.09. The van der Waals surface area contributed by atoms with Gasteiger partial charge < -0.3 is 10.1 Å². The highest BCUT2D eigenvalue weighted by Crippen LogP contribution is 1.84. The average Bonchev–Trinajstić information content (AvgIpc) is 1.97. The maximum atomic E-state index is 10.6. The minimum atomic E-state index is -0.358. The molecule has 0 rings (SSSR count). The number of alkyl carbamates (subject to hydrolysis) is 1. The standard InChI is InChI=1S/C7H14NO2/c1-3-5-8-7(9)10-6-4-2/h5H,3-4,6H2,1-2H3,(H,8,9). The molecule has 0 bridgehead atoms. The van der Waals surface area contributed by atoms with Crippen molar-refractivity contribution in [3.8, 4) is 0 Å². The molecule has 0 saturated carbocycles. The molecule has 3 heteroatoms. The SMILES string of the molecule is CC[CH]NC(=O)OCCC. The second-order valence-electron chi connectivity index (χ2n) is 1.89. The molecule has 0 aromatic heterocycles. The fourth-order valence-corrected chi connectivity index (χ4v) is 0.422. The van der Waals surface area contributed by atoms with Gasteiger partial charge in [0.15, 0.2) is 0 Å². The Bertz CT molecular complexity index is 83.6. The summed E-state index contributed by atoms with van der Waals surface area (Å²) in [6.45, 7) is 6.05. The highest BCUT2D eigenvalue weighted by molar-refractivity contribution is 5.67. The van der Waals surface area contributed by atoms with Crippen molar-refractivity contribution in [3.05, 3.63) is 6.54 Å². The van der Waals surface area contributed by atoms with Crippen molar-refractivity contribution in [1.82, 2.24) is 5.32 Å². The van der Waals surface area contributed by atoms with Crippen LogP contribution in [0.5, 0.6) is 0 Å². The summed E-state index contributed by atoms with van der Waals surface area (Å²) in [5.74, 6) is 0. The van der Waals surface area contributed by atoms with Crippen LogP contribution < -0.4 is 5.32 Å². The summed E-state index contributed by atoms with van der Waals surface area (Å²) in [7, 11) is 0. The van der Waals surface area contributed by atoms with Gasteiger partial charge in [-0.1, -0.05) is 13.8 Å². The van der Waals surface area contributed by atoms with Crippen LogP contribution in [0.3, 0.4) is 0 Å². The molecule has 3 nitrogen and oxygen atoms in total. The molecule has 0 aromatic rings. The molecule has 0 unspecified atom stereocenters. The first-order valence-electron chi connectivity index (χ1n) is 3.56. The van der Waals surface area contributed by atoms with Crippen LogP contribution in [0, 0.1) is 6.54 Å². The van der Waals surface area contributed by atoms with E-state index in [0.717, 1.165) is 12.8 Å². The molecule has 0 saturated heterocycles. The van der Waals surface area contributed by atoms with E-state index in [4.69, 9.17) is 4.74 Å². The smallest absolute Gasteiger partial charge is 0.407 e. The molecule has 1 radical (unpaired) electrons. The van der Waals surface area contributed by atoms with Crippen LogP contribution in [0.25, 0.3) is 0 Å². The first-order chi connectivity index (χ1) is 4.81. The van der Waals surface area contributed by atoms with E-state index in [2.05, 4.69) is 5.32 Å². The number of rotatable bonds is 4. The fraction of sp³-hybridized carbons (Fsp3) is 0.714.